The van der Waals surface area contributed by atoms with Crippen molar-refractivity contribution in [2.75, 3.05) is 6.61 Å². The third-order valence-electron chi connectivity index (χ3n) is 4.91. The van der Waals surface area contributed by atoms with E-state index in [-0.39, 0.29) is 23.5 Å². The van der Waals surface area contributed by atoms with Crippen molar-refractivity contribution in [2.24, 2.45) is 0 Å². The molecule has 1 N–H and O–H groups in total. The second-order valence-corrected chi connectivity index (χ2v) is 7.56. The van der Waals surface area contributed by atoms with Crippen molar-refractivity contribution in [1.82, 2.24) is 4.90 Å². The van der Waals surface area contributed by atoms with Gasteiger partial charge in [-0.2, -0.15) is 0 Å². The Kier molecular flexibility index (Phi) is 6.27. The molecule has 0 unspecified atom stereocenters. The quantitative estimate of drug-likeness (QED) is 0.769. The lowest BCUT2D eigenvalue weighted by Gasteiger charge is -2.25. The second-order valence-electron chi connectivity index (χ2n) is 7.21. The SMILES string of the molecule is Cc1cc(C)c([C@H]2COC(=S)N2C(=O)C[C@@H](O)/C=C/c2ccccc2)c(C)c1. The molecule has 1 aliphatic rings. The summed E-state index contributed by atoms with van der Waals surface area (Å²) in [4.78, 5) is 14.4. The van der Waals surface area contributed by atoms with Gasteiger partial charge in [-0.15, -0.1) is 0 Å². The fourth-order valence-electron chi connectivity index (χ4n) is 3.76. The van der Waals surface area contributed by atoms with Crippen LogP contribution in [0.3, 0.4) is 0 Å². The number of rotatable bonds is 5. The maximum absolute atomic E-state index is 12.9. The van der Waals surface area contributed by atoms with Crippen LogP contribution >= 0.6 is 12.2 Å². The Balaban J connectivity index is 1.76. The smallest absolute Gasteiger partial charge is 0.266 e. The molecule has 0 aromatic heterocycles. The van der Waals surface area contributed by atoms with E-state index in [1.54, 1.807) is 6.08 Å². The number of aliphatic hydroxyl groups is 1. The van der Waals surface area contributed by atoms with Gasteiger partial charge in [-0.05, 0) is 55.2 Å². The van der Waals surface area contributed by atoms with Crippen molar-refractivity contribution >= 4 is 29.4 Å². The Morgan fingerprint density at radius 1 is 1.25 bits per heavy atom. The Morgan fingerprint density at radius 2 is 1.89 bits per heavy atom. The number of nitrogens with zero attached hydrogens (tertiary/aromatic N) is 1. The van der Waals surface area contributed by atoms with E-state index < -0.39 is 6.10 Å². The molecule has 1 fully saturated rings. The second kappa shape index (κ2) is 8.67. The molecule has 1 heterocycles. The topological polar surface area (TPSA) is 49.8 Å². The molecule has 146 valence electrons. The third-order valence-corrected chi connectivity index (χ3v) is 5.22. The summed E-state index contributed by atoms with van der Waals surface area (Å²) in [5, 5.41) is 10.5. The highest BCUT2D eigenvalue weighted by atomic mass is 32.1. The van der Waals surface area contributed by atoms with Gasteiger partial charge in [0, 0.05) is 0 Å². The number of hydrogen-bond donors (Lipinski definition) is 1. The van der Waals surface area contributed by atoms with Crippen molar-refractivity contribution in [3.63, 3.8) is 0 Å². The molecule has 4 nitrogen and oxygen atoms in total. The molecule has 1 amide bonds. The Hall–Kier alpha value is -2.50. The summed E-state index contributed by atoms with van der Waals surface area (Å²) in [6.07, 6.45) is 2.50. The number of carbonyl (C=O) groups is 1. The lowest BCUT2D eigenvalue weighted by molar-refractivity contribution is -0.129. The summed E-state index contributed by atoms with van der Waals surface area (Å²) in [5.41, 5.74) is 5.43. The summed E-state index contributed by atoms with van der Waals surface area (Å²) in [5.74, 6) is -0.239. The van der Waals surface area contributed by atoms with Crippen LogP contribution in [0, 0.1) is 20.8 Å². The van der Waals surface area contributed by atoms with Gasteiger partial charge < -0.3 is 9.84 Å². The van der Waals surface area contributed by atoms with Crippen molar-refractivity contribution < 1.29 is 14.6 Å². The maximum Gasteiger partial charge on any atom is 0.266 e. The summed E-state index contributed by atoms with van der Waals surface area (Å²) in [7, 11) is 0. The number of thiocarbonyl (C=S) groups is 1. The van der Waals surface area contributed by atoms with Crippen molar-refractivity contribution in [3.8, 4) is 0 Å². The lowest BCUT2D eigenvalue weighted by Crippen LogP contribution is -2.36. The minimum Gasteiger partial charge on any atom is -0.468 e. The first kappa shape index (κ1) is 20.2. The highest BCUT2D eigenvalue weighted by Gasteiger charge is 2.37. The molecule has 5 heteroatoms. The molecule has 2 atom stereocenters. The summed E-state index contributed by atoms with van der Waals surface area (Å²) in [6, 6.07) is 13.6. The van der Waals surface area contributed by atoms with Crippen LogP contribution in [-0.2, 0) is 9.53 Å². The highest BCUT2D eigenvalue weighted by Crippen LogP contribution is 2.33. The summed E-state index contributed by atoms with van der Waals surface area (Å²) in [6.45, 7) is 6.47. The van der Waals surface area contributed by atoms with Crippen LogP contribution in [0.5, 0.6) is 0 Å². The largest absolute Gasteiger partial charge is 0.468 e. The van der Waals surface area contributed by atoms with Crippen LogP contribution in [0.1, 0.15) is 40.3 Å². The zero-order valence-electron chi connectivity index (χ0n) is 16.4. The molecule has 2 aromatic carbocycles. The minimum atomic E-state index is -0.892. The molecule has 1 aliphatic heterocycles. The van der Waals surface area contributed by atoms with Gasteiger partial charge in [-0.25, -0.2) is 0 Å². The average molecular weight is 396 g/mol. The van der Waals surface area contributed by atoms with Crippen LogP contribution < -0.4 is 0 Å². The van der Waals surface area contributed by atoms with E-state index in [0.717, 1.165) is 22.3 Å². The molecule has 0 radical (unpaired) electrons. The van der Waals surface area contributed by atoms with E-state index in [0.29, 0.717) is 6.61 Å². The van der Waals surface area contributed by atoms with Gasteiger partial charge in [0.05, 0.1) is 12.5 Å². The van der Waals surface area contributed by atoms with Crippen LogP contribution in [0.25, 0.3) is 6.08 Å². The van der Waals surface area contributed by atoms with Gasteiger partial charge in [0.2, 0.25) is 5.91 Å². The van der Waals surface area contributed by atoms with Gasteiger partial charge in [-0.3, -0.25) is 9.69 Å². The Morgan fingerprint density at radius 3 is 2.54 bits per heavy atom. The number of amides is 1. The van der Waals surface area contributed by atoms with E-state index in [2.05, 4.69) is 19.1 Å². The summed E-state index contributed by atoms with van der Waals surface area (Å²) < 4.78 is 5.54. The van der Waals surface area contributed by atoms with Crippen LogP contribution in [0.2, 0.25) is 0 Å². The van der Waals surface area contributed by atoms with E-state index in [1.165, 1.54) is 10.5 Å². The van der Waals surface area contributed by atoms with Crippen molar-refractivity contribution in [3.05, 3.63) is 76.4 Å². The Labute approximate surface area is 171 Å². The van der Waals surface area contributed by atoms with E-state index in [4.69, 9.17) is 17.0 Å². The average Bonchev–Trinajstić information content (AvgIpc) is 3.01. The number of ether oxygens (including phenoxy) is 1. The van der Waals surface area contributed by atoms with Gasteiger partial charge in [0.25, 0.3) is 5.17 Å². The predicted molar refractivity (Wildman–Crippen MR) is 115 cm³/mol. The number of aryl methyl sites for hydroxylation is 3. The van der Waals surface area contributed by atoms with E-state index >= 15 is 0 Å². The normalized spacial score (nSPS) is 17.8. The molecule has 2 aromatic rings. The number of benzene rings is 2. The van der Waals surface area contributed by atoms with Crippen molar-refractivity contribution in [1.29, 1.82) is 0 Å². The maximum atomic E-state index is 12.9. The molecule has 0 aliphatic carbocycles. The predicted octanol–water partition coefficient (Wildman–Crippen LogP) is 4.26. The monoisotopic (exact) mass is 395 g/mol. The first-order chi connectivity index (χ1) is 13.4. The minimum absolute atomic E-state index is 0.0483. The van der Waals surface area contributed by atoms with Gasteiger partial charge >= 0.3 is 0 Å². The molecular weight excluding hydrogens is 370 g/mol. The number of hydrogen-bond acceptors (Lipinski definition) is 4. The third kappa shape index (κ3) is 4.49. The first-order valence-electron chi connectivity index (χ1n) is 9.34. The van der Waals surface area contributed by atoms with Gasteiger partial charge in [0.15, 0.2) is 0 Å². The van der Waals surface area contributed by atoms with Crippen molar-refractivity contribution in [2.45, 2.75) is 39.3 Å². The number of carbonyl (C=O) groups excluding carboxylic acids is 1. The molecule has 1 saturated heterocycles. The standard InChI is InChI=1S/C23H25NO3S/c1-15-11-16(2)22(17(3)12-15)20-14-27-23(28)24(20)21(26)13-19(25)10-9-18-7-5-4-6-8-18/h4-12,19-20,25H,13-14H2,1-3H3/b10-9+/t19-,20+/m0/s1. The fourth-order valence-corrected chi connectivity index (χ4v) is 4.06. The fraction of sp³-hybridized carbons (Fsp3) is 0.304. The van der Waals surface area contributed by atoms with Crippen LogP contribution in [-0.4, -0.2) is 33.8 Å². The molecule has 0 spiro atoms. The molecular formula is C23H25NO3S. The zero-order chi connectivity index (χ0) is 20.3. The van der Waals surface area contributed by atoms with E-state index in [9.17, 15) is 9.90 Å². The molecule has 3 rings (SSSR count). The first-order valence-corrected chi connectivity index (χ1v) is 9.75. The molecule has 28 heavy (non-hydrogen) atoms. The number of aliphatic hydroxyl groups excluding tert-OH is 1. The van der Waals surface area contributed by atoms with Crippen LogP contribution in [0.4, 0.5) is 0 Å². The molecule has 0 saturated carbocycles. The van der Waals surface area contributed by atoms with Gasteiger partial charge in [-0.1, -0.05) is 60.2 Å². The van der Waals surface area contributed by atoms with Gasteiger partial charge in [0.1, 0.15) is 12.6 Å². The molecule has 0 bridgehead atoms. The Bertz CT molecular complexity index is 884. The lowest BCUT2D eigenvalue weighted by atomic mass is 9.93. The van der Waals surface area contributed by atoms with E-state index in [1.807, 2.05) is 50.3 Å². The summed E-state index contributed by atoms with van der Waals surface area (Å²) >= 11 is 5.28. The zero-order valence-corrected chi connectivity index (χ0v) is 17.2. The highest BCUT2D eigenvalue weighted by molar-refractivity contribution is 7.80. The van der Waals surface area contributed by atoms with Crippen LogP contribution in [0.15, 0.2) is 48.5 Å².